The lowest BCUT2D eigenvalue weighted by Crippen LogP contribution is -2.29. The number of rotatable bonds is 4. The molecule has 0 spiro atoms. The Bertz CT molecular complexity index is 651. The molecule has 2 N–H and O–H groups in total. The lowest BCUT2D eigenvalue weighted by molar-refractivity contribution is 0.614. The average molecular weight is 323 g/mol. The molecule has 112 valence electrons. The minimum Gasteiger partial charge on any atom is -0.357 e. The van der Waals surface area contributed by atoms with Crippen LogP contribution in [0.3, 0.4) is 0 Å². The average Bonchev–Trinajstić information content (AvgIpc) is 2.82. The molecule has 0 amide bonds. The normalized spacial score (nSPS) is 10.5. The van der Waals surface area contributed by atoms with Crippen LogP contribution >= 0.6 is 23.8 Å². The summed E-state index contributed by atoms with van der Waals surface area (Å²) < 4.78 is 1.86. The van der Waals surface area contributed by atoms with Crippen LogP contribution in [-0.2, 0) is 13.1 Å². The Morgan fingerprint density at radius 1 is 1.38 bits per heavy atom. The van der Waals surface area contributed by atoms with Crippen LogP contribution in [0.2, 0.25) is 5.02 Å². The lowest BCUT2D eigenvalue weighted by Gasteiger charge is -2.14. The molecule has 0 bridgehead atoms. The number of hydrogen-bond donors (Lipinski definition) is 2. The zero-order chi connectivity index (χ0) is 15.4. The predicted octanol–water partition coefficient (Wildman–Crippen LogP) is 3.66. The van der Waals surface area contributed by atoms with Crippen LogP contribution in [0.4, 0.5) is 5.69 Å². The minimum absolute atomic E-state index is 0.545. The molecule has 0 fully saturated rings. The van der Waals surface area contributed by atoms with E-state index in [1.165, 1.54) is 11.1 Å². The molecule has 0 aliphatic heterocycles. The van der Waals surface area contributed by atoms with Crippen LogP contribution in [0.15, 0.2) is 24.4 Å². The van der Waals surface area contributed by atoms with Gasteiger partial charge in [-0.25, -0.2) is 0 Å². The quantitative estimate of drug-likeness (QED) is 0.843. The van der Waals surface area contributed by atoms with Crippen molar-refractivity contribution >= 4 is 34.6 Å². The maximum Gasteiger partial charge on any atom is 0.171 e. The van der Waals surface area contributed by atoms with E-state index in [-0.39, 0.29) is 0 Å². The molecule has 0 radical (unpaired) electrons. The fraction of sp³-hybridized carbons (Fsp3) is 0.333. The van der Waals surface area contributed by atoms with Gasteiger partial charge in [0.1, 0.15) is 0 Å². The molecule has 21 heavy (non-hydrogen) atoms. The molecule has 2 rings (SSSR count). The maximum absolute atomic E-state index is 6.13. The van der Waals surface area contributed by atoms with Crippen molar-refractivity contribution in [1.29, 1.82) is 0 Å². The molecule has 0 saturated carbocycles. The smallest absolute Gasteiger partial charge is 0.171 e. The number of hydrogen-bond acceptors (Lipinski definition) is 2. The molecule has 0 unspecified atom stereocenters. The van der Waals surface area contributed by atoms with Gasteiger partial charge in [-0.15, -0.1) is 0 Å². The third kappa shape index (κ3) is 3.74. The number of benzene rings is 1. The number of nitrogens with one attached hydrogen (secondary N) is 2. The Labute approximate surface area is 135 Å². The molecule has 4 nitrogen and oxygen atoms in total. The largest absolute Gasteiger partial charge is 0.357 e. The van der Waals surface area contributed by atoms with E-state index in [0.29, 0.717) is 16.7 Å². The summed E-state index contributed by atoms with van der Waals surface area (Å²) in [6.07, 6.45) is 1.66. The van der Waals surface area contributed by atoms with Crippen LogP contribution < -0.4 is 10.6 Å². The number of anilines is 1. The van der Waals surface area contributed by atoms with E-state index in [1.807, 2.05) is 23.7 Å². The molecule has 2 aromatic rings. The molecule has 0 atom stereocenters. The molecular formula is C15H19ClN4S. The van der Waals surface area contributed by atoms with Crippen molar-refractivity contribution in [3.63, 3.8) is 0 Å². The zero-order valence-corrected chi connectivity index (χ0v) is 14.0. The second kappa shape index (κ2) is 6.91. The van der Waals surface area contributed by atoms with Gasteiger partial charge >= 0.3 is 0 Å². The molecule has 1 aromatic heterocycles. The van der Waals surface area contributed by atoms with Crippen molar-refractivity contribution in [1.82, 2.24) is 15.1 Å². The first-order chi connectivity index (χ1) is 10.0. The summed E-state index contributed by atoms with van der Waals surface area (Å²) in [5, 5.41) is 11.8. The Balaban J connectivity index is 1.99. The van der Waals surface area contributed by atoms with Crippen LogP contribution in [0, 0.1) is 13.8 Å². The SMILES string of the molecule is CCn1ncc(Cl)c1CNC(=S)Nc1cccc(C)c1C. The summed E-state index contributed by atoms with van der Waals surface area (Å²) in [6.45, 7) is 7.50. The molecular weight excluding hydrogens is 304 g/mol. The van der Waals surface area contributed by atoms with Gasteiger partial charge in [-0.3, -0.25) is 4.68 Å². The van der Waals surface area contributed by atoms with E-state index in [9.17, 15) is 0 Å². The fourth-order valence-electron chi connectivity index (χ4n) is 2.05. The van der Waals surface area contributed by atoms with E-state index in [0.717, 1.165) is 17.9 Å². The summed E-state index contributed by atoms with van der Waals surface area (Å²) in [7, 11) is 0. The van der Waals surface area contributed by atoms with Crippen molar-refractivity contribution in [2.45, 2.75) is 33.9 Å². The topological polar surface area (TPSA) is 41.9 Å². The lowest BCUT2D eigenvalue weighted by atomic mass is 10.1. The van der Waals surface area contributed by atoms with Crippen LogP contribution in [0.5, 0.6) is 0 Å². The van der Waals surface area contributed by atoms with E-state index in [2.05, 4.69) is 35.6 Å². The maximum atomic E-state index is 6.13. The van der Waals surface area contributed by atoms with E-state index < -0.39 is 0 Å². The monoisotopic (exact) mass is 322 g/mol. The summed E-state index contributed by atoms with van der Waals surface area (Å²) in [6, 6.07) is 6.10. The highest BCUT2D eigenvalue weighted by atomic mass is 35.5. The number of aryl methyl sites for hydroxylation is 2. The Morgan fingerprint density at radius 3 is 2.86 bits per heavy atom. The summed E-state index contributed by atoms with van der Waals surface area (Å²) in [5.41, 5.74) is 4.38. The van der Waals surface area contributed by atoms with Gasteiger partial charge in [0.25, 0.3) is 0 Å². The molecule has 1 aromatic carbocycles. The first kappa shape index (κ1) is 15.8. The van der Waals surface area contributed by atoms with E-state index >= 15 is 0 Å². The van der Waals surface area contributed by atoms with Crippen LogP contribution in [0.25, 0.3) is 0 Å². The highest BCUT2D eigenvalue weighted by Crippen LogP contribution is 2.18. The third-order valence-electron chi connectivity index (χ3n) is 3.47. The second-order valence-corrected chi connectivity index (χ2v) is 5.63. The van der Waals surface area contributed by atoms with Gasteiger partial charge in [0.2, 0.25) is 0 Å². The number of nitrogens with zero attached hydrogens (tertiary/aromatic N) is 2. The van der Waals surface area contributed by atoms with Crippen molar-refractivity contribution in [2.24, 2.45) is 0 Å². The standard InChI is InChI=1S/C15H19ClN4S/c1-4-20-14(12(16)8-18-20)9-17-15(21)19-13-7-5-6-10(2)11(13)3/h5-8H,4,9H2,1-3H3,(H2,17,19,21). The molecule has 0 aliphatic rings. The van der Waals surface area contributed by atoms with Crippen molar-refractivity contribution in [2.75, 3.05) is 5.32 Å². The van der Waals surface area contributed by atoms with Crippen molar-refractivity contribution in [3.8, 4) is 0 Å². The zero-order valence-electron chi connectivity index (χ0n) is 12.4. The van der Waals surface area contributed by atoms with Crippen molar-refractivity contribution < 1.29 is 0 Å². The summed E-state index contributed by atoms with van der Waals surface area (Å²) in [5.74, 6) is 0. The molecule has 0 aliphatic carbocycles. The Kier molecular flexibility index (Phi) is 5.20. The predicted molar refractivity (Wildman–Crippen MR) is 91.9 cm³/mol. The minimum atomic E-state index is 0.545. The highest BCUT2D eigenvalue weighted by molar-refractivity contribution is 7.80. The molecule has 1 heterocycles. The van der Waals surface area contributed by atoms with Gasteiger partial charge in [0.05, 0.1) is 23.5 Å². The van der Waals surface area contributed by atoms with Gasteiger partial charge in [-0.1, -0.05) is 23.7 Å². The summed E-state index contributed by atoms with van der Waals surface area (Å²) in [4.78, 5) is 0. The Morgan fingerprint density at radius 2 is 2.14 bits per heavy atom. The fourth-order valence-corrected chi connectivity index (χ4v) is 2.44. The van der Waals surface area contributed by atoms with Crippen LogP contribution in [0.1, 0.15) is 23.7 Å². The first-order valence-corrected chi connectivity index (χ1v) is 7.62. The van der Waals surface area contributed by atoms with Gasteiger partial charge in [-0.05, 0) is 50.2 Å². The number of thiocarbonyl (C=S) groups is 1. The van der Waals surface area contributed by atoms with Gasteiger partial charge < -0.3 is 10.6 Å². The van der Waals surface area contributed by atoms with Gasteiger partial charge in [0.15, 0.2) is 5.11 Å². The molecule has 6 heteroatoms. The van der Waals surface area contributed by atoms with Gasteiger partial charge in [0, 0.05) is 12.2 Å². The molecule has 0 saturated heterocycles. The van der Waals surface area contributed by atoms with Crippen LogP contribution in [-0.4, -0.2) is 14.9 Å². The second-order valence-electron chi connectivity index (χ2n) is 4.81. The van der Waals surface area contributed by atoms with E-state index in [4.69, 9.17) is 23.8 Å². The van der Waals surface area contributed by atoms with Crippen molar-refractivity contribution in [3.05, 3.63) is 46.2 Å². The highest BCUT2D eigenvalue weighted by Gasteiger charge is 2.09. The third-order valence-corrected chi connectivity index (χ3v) is 4.03. The van der Waals surface area contributed by atoms with E-state index in [1.54, 1.807) is 6.20 Å². The van der Waals surface area contributed by atoms with Gasteiger partial charge in [-0.2, -0.15) is 5.10 Å². The Hall–Kier alpha value is -1.59. The summed E-state index contributed by atoms with van der Waals surface area (Å²) >= 11 is 11.5. The first-order valence-electron chi connectivity index (χ1n) is 6.84. The number of aromatic nitrogens is 2. The number of halogens is 1.